The molecule has 21 heavy (non-hydrogen) atoms. The van der Waals surface area contributed by atoms with Crippen LogP contribution in [-0.4, -0.2) is 62.2 Å². The van der Waals surface area contributed by atoms with E-state index in [2.05, 4.69) is 50.0 Å². The maximum Gasteiger partial charge on any atom is 0.0251 e. The van der Waals surface area contributed by atoms with Crippen molar-refractivity contribution in [3.8, 4) is 0 Å². The quantitative estimate of drug-likeness (QED) is 0.668. The van der Waals surface area contributed by atoms with Crippen LogP contribution in [0.25, 0.3) is 0 Å². The zero-order valence-electron chi connectivity index (χ0n) is 15.2. The average molecular weight is 298 g/mol. The second-order valence-corrected chi connectivity index (χ2v) is 6.98. The van der Waals surface area contributed by atoms with Gasteiger partial charge >= 0.3 is 0 Å². The van der Waals surface area contributed by atoms with Crippen LogP contribution >= 0.6 is 0 Å². The summed E-state index contributed by atoms with van der Waals surface area (Å²) in [7, 11) is 4.35. The van der Waals surface area contributed by atoms with Gasteiger partial charge < -0.3 is 10.2 Å². The first-order valence-electron chi connectivity index (χ1n) is 9.24. The summed E-state index contributed by atoms with van der Waals surface area (Å²) < 4.78 is 0. The van der Waals surface area contributed by atoms with Crippen molar-refractivity contribution in [3.63, 3.8) is 0 Å². The molecule has 1 N–H and O–H groups in total. The summed E-state index contributed by atoms with van der Waals surface area (Å²) in [5.41, 5.74) is 0. The van der Waals surface area contributed by atoms with E-state index in [9.17, 15) is 0 Å². The van der Waals surface area contributed by atoms with Gasteiger partial charge in [-0.3, -0.25) is 4.90 Å². The van der Waals surface area contributed by atoms with Crippen LogP contribution in [0.15, 0.2) is 0 Å². The lowest BCUT2D eigenvalue weighted by Gasteiger charge is -2.43. The molecule has 0 radical (unpaired) electrons. The predicted octanol–water partition coefficient (Wildman–Crippen LogP) is 3.21. The summed E-state index contributed by atoms with van der Waals surface area (Å²) in [6, 6.07) is 1.46. The van der Waals surface area contributed by atoms with Crippen LogP contribution in [0, 0.1) is 5.92 Å². The monoisotopic (exact) mass is 297 g/mol. The molecule has 3 atom stereocenters. The summed E-state index contributed by atoms with van der Waals surface area (Å²) >= 11 is 0. The molecule has 0 heterocycles. The van der Waals surface area contributed by atoms with Gasteiger partial charge in [-0.1, -0.05) is 33.6 Å². The van der Waals surface area contributed by atoms with Gasteiger partial charge in [0.05, 0.1) is 0 Å². The van der Waals surface area contributed by atoms with Gasteiger partial charge in [-0.15, -0.1) is 0 Å². The Kier molecular flexibility index (Phi) is 9.54. The molecule has 3 nitrogen and oxygen atoms in total. The zero-order valence-corrected chi connectivity index (χ0v) is 15.2. The van der Waals surface area contributed by atoms with E-state index >= 15 is 0 Å². The highest BCUT2D eigenvalue weighted by Crippen LogP contribution is 2.31. The fraction of sp³-hybridized carbons (Fsp3) is 1.00. The number of hydrogen-bond acceptors (Lipinski definition) is 3. The molecule has 0 aromatic carbocycles. The normalized spacial score (nSPS) is 26.7. The Morgan fingerprint density at radius 3 is 2.38 bits per heavy atom. The zero-order chi connectivity index (χ0) is 15.7. The molecule has 1 aliphatic rings. The van der Waals surface area contributed by atoms with E-state index in [4.69, 9.17) is 0 Å². The van der Waals surface area contributed by atoms with Gasteiger partial charge in [0.15, 0.2) is 0 Å². The van der Waals surface area contributed by atoms with Crippen LogP contribution in [0.4, 0.5) is 0 Å². The second kappa shape index (κ2) is 10.6. The smallest absolute Gasteiger partial charge is 0.0251 e. The number of hydrogen-bond donors (Lipinski definition) is 1. The van der Waals surface area contributed by atoms with E-state index in [1.807, 2.05) is 0 Å². The van der Waals surface area contributed by atoms with Crippen LogP contribution in [0.1, 0.15) is 59.3 Å². The highest BCUT2D eigenvalue weighted by molar-refractivity contribution is 4.91. The lowest BCUT2D eigenvalue weighted by atomic mass is 9.79. The fourth-order valence-electron chi connectivity index (χ4n) is 3.95. The molecule has 1 aliphatic carbocycles. The average Bonchev–Trinajstić information content (AvgIpc) is 2.46. The molecule has 1 rings (SSSR count). The van der Waals surface area contributed by atoms with Crippen LogP contribution in [-0.2, 0) is 0 Å². The SMILES string of the molecule is CCCC1CCC(NCC)C(N(CC)CCCN(C)C)C1. The third-order valence-corrected chi connectivity index (χ3v) is 5.01. The number of nitrogens with zero attached hydrogens (tertiary/aromatic N) is 2. The fourth-order valence-corrected chi connectivity index (χ4v) is 3.95. The molecule has 0 spiro atoms. The minimum atomic E-state index is 0.711. The van der Waals surface area contributed by atoms with E-state index < -0.39 is 0 Å². The summed E-state index contributed by atoms with van der Waals surface area (Å²) in [6.45, 7) is 11.7. The van der Waals surface area contributed by atoms with Crippen molar-refractivity contribution < 1.29 is 0 Å². The van der Waals surface area contributed by atoms with E-state index in [1.54, 1.807) is 0 Å². The lowest BCUT2D eigenvalue weighted by molar-refractivity contribution is 0.0957. The Morgan fingerprint density at radius 2 is 1.81 bits per heavy atom. The maximum absolute atomic E-state index is 3.76. The molecule has 0 amide bonds. The molecule has 1 fully saturated rings. The van der Waals surface area contributed by atoms with Crippen LogP contribution in [0.5, 0.6) is 0 Å². The van der Waals surface area contributed by atoms with Gasteiger partial charge in [-0.2, -0.15) is 0 Å². The minimum Gasteiger partial charge on any atom is -0.313 e. The molecular weight excluding hydrogens is 258 g/mol. The van der Waals surface area contributed by atoms with E-state index in [-0.39, 0.29) is 0 Å². The van der Waals surface area contributed by atoms with E-state index in [0.29, 0.717) is 6.04 Å². The maximum atomic E-state index is 3.76. The van der Waals surface area contributed by atoms with Crippen molar-refractivity contribution in [2.75, 3.05) is 40.3 Å². The molecule has 1 saturated carbocycles. The molecule has 0 saturated heterocycles. The second-order valence-electron chi connectivity index (χ2n) is 6.98. The van der Waals surface area contributed by atoms with Crippen molar-refractivity contribution in [1.29, 1.82) is 0 Å². The first-order chi connectivity index (χ1) is 10.1. The van der Waals surface area contributed by atoms with Crippen molar-refractivity contribution in [1.82, 2.24) is 15.1 Å². The molecule has 0 bridgehead atoms. The number of likely N-dealkylation sites (N-methyl/N-ethyl adjacent to an activating group) is 2. The first kappa shape index (κ1) is 18.9. The van der Waals surface area contributed by atoms with Crippen molar-refractivity contribution in [2.45, 2.75) is 71.4 Å². The van der Waals surface area contributed by atoms with E-state index in [0.717, 1.165) is 18.5 Å². The van der Waals surface area contributed by atoms with E-state index in [1.165, 1.54) is 58.2 Å². The van der Waals surface area contributed by atoms with Crippen molar-refractivity contribution in [3.05, 3.63) is 0 Å². The van der Waals surface area contributed by atoms with Gasteiger partial charge in [-0.25, -0.2) is 0 Å². The Hall–Kier alpha value is -0.120. The third kappa shape index (κ3) is 6.66. The molecular formula is C18H39N3. The van der Waals surface area contributed by atoms with Crippen LogP contribution in [0.2, 0.25) is 0 Å². The van der Waals surface area contributed by atoms with Crippen molar-refractivity contribution >= 4 is 0 Å². The highest BCUT2D eigenvalue weighted by atomic mass is 15.2. The molecule has 126 valence electrons. The van der Waals surface area contributed by atoms with Gasteiger partial charge in [0.25, 0.3) is 0 Å². The summed E-state index contributed by atoms with van der Waals surface area (Å²) in [5.74, 6) is 0.956. The summed E-state index contributed by atoms with van der Waals surface area (Å²) in [4.78, 5) is 5.05. The lowest BCUT2D eigenvalue weighted by Crippen LogP contribution is -2.53. The standard InChI is InChI=1S/C18H39N3/c1-6-10-16-11-12-17(19-7-2)18(15-16)21(8-3)14-9-13-20(4)5/h16-19H,6-15H2,1-5H3. The third-order valence-electron chi connectivity index (χ3n) is 5.01. The van der Waals surface area contributed by atoms with Gasteiger partial charge in [0, 0.05) is 12.1 Å². The Bertz CT molecular complexity index is 255. The van der Waals surface area contributed by atoms with Gasteiger partial charge in [-0.05, 0) is 71.9 Å². The molecule has 0 aromatic heterocycles. The summed E-state index contributed by atoms with van der Waals surface area (Å²) in [6.07, 6.45) is 8.25. The predicted molar refractivity (Wildman–Crippen MR) is 93.9 cm³/mol. The Balaban J connectivity index is 2.59. The molecule has 0 aromatic rings. The number of nitrogens with one attached hydrogen (secondary N) is 1. The first-order valence-corrected chi connectivity index (χ1v) is 9.24. The highest BCUT2D eigenvalue weighted by Gasteiger charge is 2.32. The Morgan fingerprint density at radius 1 is 1.05 bits per heavy atom. The topological polar surface area (TPSA) is 18.5 Å². The van der Waals surface area contributed by atoms with Crippen LogP contribution in [0.3, 0.4) is 0 Å². The molecule has 0 aliphatic heterocycles. The molecule has 3 heteroatoms. The molecule has 3 unspecified atom stereocenters. The number of rotatable bonds is 10. The summed E-state index contributed by atoms with van der Waals surface area (Å²) in [5, 5.41) is 3.76. The van der Waals surface area contributed by atoms with Crippen LogP contribution < -0.4 is 5.32 Å². The van der Waals surface area contributed by atoms with Crippen molar-refractivity contribution in [2.24, 2.45) is 5.92 Å². The van der Waals surface area contributed by atoms with Gasteiger partial charge in [0.1, 0.15) is 0 Å². The largest absolute Gasteiger partial charge is 0.313 e. The Labute approximate surface area is 133 Å². The minimum absolute atomic E-state index is 0.711. The van der Waals surface area contributed by atoms with Gasteiger partial charge in [0.2, 0.25) is 0 Å².